The number of aryl methyl sites for hydroxylation is 1. The number of amides is 1. The number of methoxy groups -OCH3 is 2. The van der Waals surface area contributed by atoms with E-state index in [1.807, 2.05) is 25.2 Å². The van der Waals surface area contributed by atoms with Gasteiger partial charge in [-0.05, 0) is 34.5 Å². The molecule has 0 saturated carbocycles. The van der Waals surface area contributed by atoms with Gasteiger partial charge in [-0.15, -0.1) is 5.10 Å². The first-order valence-electron chi connectivity index (χ1n) is 10.1. The Bertz CT molecular complexity index is 821. The number of tetrazole rings is 1. The number of carbonyl (C=O) groups is 1. The Kier molecular flexibility index (Phi) is 7.97. The van der Waals surface area contributed by atoms with Crippen molar-refractivity contribution in [3.63, 3.8) is 0 Å². The number of morpholine rings is 1. The number of likely N-dealkylation sites (N-methyl/N-ethyl adjacent to an activating group) is 1. The summed E-state index contributed by atoms with van der Waals surface area (Å²) in [6.07, 6.45) is 1.08. The second kappa shape index (κ2) is 10.9. The van der Waals surface area contributed by atoms with Gasteiger partial charge in [0.15, 0.2) is 17.3 Å². The second-order valence-electron chi connectivity index (χ2n) is 7.21. The molecule has 1 aliphatic heterocycles. The number of hydrogen-bond acceptors (Lipinski definition) is 8. The van der Waals surface area contributed by atoms with Crippen LogP contribution < -0.4 is 9.47 Å². The third-order valence-corrected chi connectivity index (χ3v) is 5.22. The van der Waals surface area contributed by atoms with Crippen LogP contribution in [0.3, 0.4) is 0 Å². The van der Waals surface area contributed by atoms with Gasteiger partial charge in [-0.3, -0.25) is 9.69 Å². The highest BCUT2D eigenvalue weighted by molar-refractivity contribution is 5.75. The Balaban J connectivity index is 1.46. The van der Waals surface area contributed by atoms with Gasteiger partial charge in [0, 0.05) is 33.1 Å². The first kappa shape index (κ1) is 22.0. The van der Waals surface area contributed by atoms with E-state index >= 15 is 0 Å². The maximum Gasteiger partial charge on any atom is 0.224 e. The molecule has 0 N–H and O–H groups in total. The van der Waals surface area contributed by atoms with Gasteiger partial charge >= 0.3 is 0 Å². The molecular weight excluding hydrogens is 388 g/mol. The average molecular weight is 418 g/mol. The highest BCUT2D eigenvalue weighted by atomic mass is 16.5. The van der Waals surface area contributed by atoms with Crippen molar-refractivity contribution in [1.82, 2.24) is 30.0 Å². The molecule has 1 fully saturated rings. The van der Waals surface area contributed by atoms with Gasteiger partial charge in [0.25, 0.3) is 0 Å². The van der Waals surface area contributed by atoms with E-state index in [2.05, 4.69) is 20.4 Å². The van der Waals surface area contributed by atoms with Gasteiger partial charge in [0.1, 0.15) is 0 Å². The van der Waals surface area contributed by atoms with Gasteiger partial charge in [-0.2, -0.15) is 0 Å². The normalized spacial score (nSPS) is 14.5. The van der Waals surface area contributed by atoms with Gasteiger partial charge < -0.3 is 19.1 Å². The summed E-state index contributed by atoms with van der Waals surface area (Å²) in [4.78, 5) is 16.5. The van der Waals surface area contributed by atoms with Gasteiger partial charge in [-0.25, -0.2) is 4.68 Å². The Labute approximate surface area is 176 Å². The van der Waals surface area contributed by atoms with Crippen LogP contribution in [0.4, 0.5) is 0 Å². The van der Waals surface area contributed by atoms with Crippen LogP contribution in [-0.4, -0.2) is 90.0 Å². The Morgan fingerprint density at radius 1 is 1.20 bits per heavy atom. The average Bonchev–Trinajstić information content (AvgIpc) is 3.22. The molecule has 10 nitrogen and oxygen atoms in total. The Morgan fingerprint density at radius 3 is 2.70 bits per heavy atom. The predicted octanol–water partition coefficient (Wildman–Crippen LogP) is 0.614. The molecule has 1 amide bonds. The molecule has 1 aliphatic rings. The monoisotopic (exact) mass is 418 g/mol. The quantitative estimate of drug-likeness (QED) is 0.554. The lowest BCUT2D eigenvalue weighted by Crippen LogP contribution is -2.36. The van der Waals surface area contributed by atoms with Crippen molar-refractivity contribution in [3.05, 3.63) is 29.6 Å². The minimum absolute atomic E-state index is 0.0586. The fraction of sp³-hybridized carbons (Fsp3) is 0.600. The molecular formula is C20H30N6O4. The van der Waals surface area contributed by atoms with Crippen LogP contribution in [0.5, 0.6) is 11.5 Å². The van der Waals surface area contributed by atoms with Crippen LogP contribution >= 0.6 is 0 Å². The standard InChI is InChI=1S/C20H30N6O4/c1-24(8-6-16-4-5-17(28-2)18(14-16)29-3)20(27)7-9-26-19(21-22-23-26)15-25-10-12-30-13-11-25/h4-5,14H,6-13,15H2,1-3H3. The van der Waals surface area contributed by atoms with Crippen molar-refractivity contribution in [2.75, 3.05) is 54.1 Å². The minimum atomic E-state index is 0.0586. The number of nitrogens with zero attached hydrogens (tertiary/aromatic N) is 6. The lowest BCUT2D eigenvalue weighted by atomic mass is 10.1. The van der Waals surface area contributed by atoms with E-state index in [0.717, 1.165) is 44.1 Å². The lowest BCUT2D eigenvalue weighted by Gasteiger charge is -2.25. The Hall–Kier alpha value is -2.72. The SMILES string of the molecule is COc1ccc(CCN(C)C(=O)CCn2nnnc2CN2CCOCC2)cc1OC. The van der Waals surface area contributed by atoms with Crippen LogP contribution in [0.1, 0.15) is 17.8 Å². The van der Waals surface area contributed by atoms with E-state index < -0.39 is 0 Å². The summed E-state index contributed by atoms with van der Waals surface area (Å²) in [5.74, 6) is 2.22. The molecule has 1 aromatic heterocycles. The van der Waals surface area contributed by atoms with E-state index in [1.165, 1.54) is 0 Å². The largest absolute Gasteiger partial charge is 0.493 e. The summed E-state index contributed by atoms with van der Waals surface area (Å²) in [6, 6.07) is 5.80. The molecule has 30 heavy (non-hydrogen) atoms. The maximum absolute atomic E-state index is 12.6. The molecule has 0 radical (unpaired) electrons. The van der Waals surface area contributed by atoms with Crippen molar-refractivity contribution in [2.45, 2.75) is 25.9 Å². The lowest BCUT2D eigenvalue weighted by molar-refractivity contribution is -0.130. The highest BCUT2D eigenvalue weighted by Gasteiger charge is 2.16. The molecule has 0 bridgehead atoms. The van der Waals surface area contributed by atoms with Crippen LogP contribution in [-0.2, 0) is 29.0 Å². The van der Waals surface area contributed by atoms with Crippen molar-refractivity contribution < 1.29 is 19.0 Å². The first-order valence-corrected chi connectivity index (χ1v) is 10.1. The molecule has 0 atom stereocenters. The molecule has 0 unspecified atom stereocenters. The van der Waals surface area contributed by atoms with Crippen LogP contribution in [0, 0.1) is 0 Å². The van der Waals surface area contributed by atoms with Gasteiger partial charge in [0.05, 0.1) is 40.5 Å². The smallest absolute Gasteiger partial charge is 0.224 e. The van der Waals surface area contributed by atoms with E-state index in [-0.39, 0.29) is 5.91 Å². The number of hydrogen-bond donors (Lipinski definition) is 0. The fourth-order valence-electron chi connectivity index (χ4n) is 3.32. The fourth-order valence-corrected chi connectivity index (χ4v) is 3.32. The zero-order valence-electron chi connectivity index (χ0n) is 17.9. The van der Waals surface area contributed by atoms with E-state index in [9.17, 15) is 4.79 Å². The number of carbonyl (C=O) groups excluding carboxylic acids is 1. The number of benzene rings is 1. The molecule has 2 heterocycles. The molecule has 164 valence electrons. The van der Waals surface area contributed by atoms with Crippen molar-refractivity contribution in [3.8, 4) is 11.5 Å². The van der Waals surface area contributed by atoms with Crippen LogP contribution in [0.2, 0.25) is 0 Å². The number of rotatable bonds is 10. The molecule has 10 heteroatoms. The molecule has 0 aliphatic carbocycles. The van der Waals surface area contributed by atoms with Crippen LogP contribution in [0.25, 0.3) is 0 Å². The summed E-state index contributed by atoms with van der Waals surface area (Å²) in [5, 5.41) is 11.9. The topological polar surface area (TPSA) is 94.8 Å². The molecule has 3 rings (SSSR count). The molecule has 2 aromatic rings. The van der Waals surface area contributed by atoms with Crippen molar-refractivity contribution in [2.24, 2.45) is 0 Å². The van der Waals surface area contributed by atoms with E-state index in [4.69, 9.17) is 14.2 Å². The second-order valence-corrected chi connectivity index (χ2v) is 7.21. The highest BCUT2D eigenvalue weighted by Crippen LogP contribution is 2.27. The number of ether oxygens (including phenoxy) is 3. The number of aromatic nitrogens is 4. The minimum Gasteiger partial charge on any atom is -0.493 e. The zero-order valence-corrected chi connectivity index (χ0v) is 17.9. The Morgan fingerprint density at radius 2 is 1.97 bits per heavy atom. The molecule has 1 saturated heterocycles. The molecule has 0 spiro atoms. The molecule has 1 aromatic carbocycles. The van der Waals surface area contributed by atoms with Crippen molar-refractivity contribution in [1.29, 1.82) is 0 Å². The van der Waals surface area contributed by atoms with Gasteiger partial charge in [0.2, 0.25) is 5.91 Å². The predicted molar refractivity (Wildman–Crippen MR) is 109 cm³/mol. The summed E-state index contributed by atoms with van der Waals surface area (Å²) in [5.41, 5.74) is 1.08. The van der Waals surface area contributed by atoms with Crippen molar-refractivity contribution >= 4 is 5.91 Å². The first-order chi connectivity index (χ1) is 14.6. The zero-order chi connectivity index (χ0) is 21.3. The maximum atomic E-state index is 12.6. The third kappa shape index (κ3) is 5.90. The van der Waals surface area contributed by atoms with Gasteiger partial charge in [-0.1, -0.05) is 6.07 Å². The summed E-state index contributed by atoms with van der Waals surface area (Å²) in [7, 11) is 5.04. The summed E-state index contributed by atoms with van der Waals surface area (Å²) in [6.45, 7) is 4.93. The van der Waals surface area contributed by atoms with E-state index in [0.29, 0.717) is 37.6 Å². The summed E-state index contributed by atoms with van der Waals surface area (Å²) >= 11 is 0. The van der Waals surface area contributed by atoms with E-state index in [1.54, 1.807) is 23.8 Å². The summed E-state index contributed by atoms with van der Waals surface area (Å²) < 4.78 is 17.7. The third-order valence-electron chi connectivity index (χ3n) is 5.22. The van der Waals surface area contributed by atoms with Crippen LogP contribution in [0.15, 0.2) is 18.2 Å².